The van der Waals surface area contributed by atoms with Crippen molar-refractivity contribution in [3.05, 3.63) is 29.3 Å². The molecule has 0 saturated carbocycles. The number of aliphatic hydroxyl groups is 1. The average molecular weight is 265 g/mol. The van der Waals surface area contributed by atoms with Crippen molar-refractivity contribution in [3.63, 3.8) is 0 Å². The summed E-state index contributed by atoms with van der Waals surface area (Å²) in [6.45, 7) is 4.21. The summed E-state index contributed by atoms with van der Waals surface area (Å²) >= 11 is 0. The SMILES string of the molecule is Cc1cc([C@@H](C)O)ccc1OCCCC(=O)N(C)C. The fourth-order valence-corrected chi connectivity index (χ4v) is 1.72. The number of carbonyl (C=O) groups is 1. The van der Waals surface area contributed by atoms with Crippen LogP contribution in [0.2, 0.25) is 0 Å². The molecule has 0 spiro atoms. The third-order valence-electron chi connectivity index (χ3n) is 2.97. The van der Waals surface area contributed by atoms with Gasteiger partial charge in [0.1, 0.15) is 5.75 Å². The standard InChI is InChI=1S/C15H23NO3/c1-11-10-13(12(2)17)7-8-14(11)19-9-5-6-15(18)16(3)4/h7-8,10,12,17H,5-6,9H2,1-4H3/t12-/m1/s1. The lowest BCUT2D eigenvalue weighted by molar-refractivity contribution is -0.128. The number of benzene rings is 1. The lowest BCUT2D eigenvalue weighted by Crippen LogP contribution is -2.21. The second kappa shape index (κ2) is 7.14. The lowest BCUT2D eigenvalue weighted by Gasteiger charge is -2.13. The molecular formula is C15H23NO3. The van der Waals surface area contributed by atoms with Crippen LogP contribution in [0.4, 0.5) is 0 Å². The Hall–Kier alpha value is -1.55. The molecule has 1 N–H and O–H groups in total. The van der Waals surface area contributed by atoms with Crippen molar-refractivity contribution in [2.24, 2.45) is 0 Å². The van der Waals surface area contributed by atoms with Crippen LogP contribution >= 0.6 is 0 Å². The first-order chi connectivity index (χ1) is 8.91. The van der Waals surface area contributed by atoms with Gasteiger partial charge in [-0.1, -0.05) is 6.07 Å². The number of hydrogen-bond donors (Lipinski definition) is 1. The van der Waals surface area contributed by atoms with E-state index >= 15 is 0 Å². The van der Waals surface area contributed by atoms with E-state index in [1.54, 1.807) is 25.9 Å². The van der Waals surface area contributed by atoms with E-state index in [4.69, 9.17) is 4.74 Å². The smallest absolute Gasteiger partial charge is 0.222 e. The molecule has 0 fully saturated rings. The zero-order chi connectivity index (χ0) is 14.4. The van der Waals surface area contributed by atoms with Gasteiger partial charge < -0.3 is 14.7 Å². The van der Waals surface area contributed by atoms with Crippen molar-refractivity contribution in [1.82, 2.24) is 4.90 Å². The molecule has 0 radical (unpaired) electrons. The number of ether oxygens (including phenoxy) is 1. The Bertz CT molecular complexity index is 427. The van der Waals surface area contributed by atoms with Crippen molar-refractivity contribution in [3.8, 4) is 5.75 Å². The van der Waals surface area contributed by atoms with Crippen LogP contribution < -0.4 is 4.74 Å². The molecule has 4 nitrogen and oxygen atoms in total. The van der Waals surface area contributed by atoms with E-state index in [1.165, 1.54) is 0 Å². The molecule has 1 aromatic rings. The molecule has 1 atom stereocenters. The fourth-order valence-electron chi connectivity index (χ4n) is 1.72. The highest BCUT2D eigenvalue weighted by molar-refractivity contribution is 5.75. The van der Waals surface area contributed by atoms with Crippen LogP contribution in [0.5, 0.6) is 5.75 Å². The summed E-state index contributed by atoms with van der Waals surface area (Å²) in [6.07, 6.45) is 0.734. The summed E-state index contributed by atoms with van der Waals surface area (Å²) in [5, 5.41) is 9.48. The molecule has 0 saturated heterocycles. The Morgan fingerprint density at radius 1 is 1.42 bits per heavy atom. The van der Waals surface area contributed by atoms with Gasteiger partial charge in [-0.05, 0) is 43.5 Å². The van der Waals surface area contributed by atoms with Gasteiger partial charge in [0.25, 0.3) is 0 Å². The quantitative estimate of drug-likeness (QED) is 0.803. The molecular weight excluding hydrogens is 242 g/mol. The first-order valence-electron chi connectivity index (χ1n) is 6.53. The second-order valence-corrected chi connectivity index (χ2v) is 4.94. The molecule has 0 aliphatic rings. The van der Waals surface area contributed by atoms with Gasteiger partial charge in [-0.15, -0.1) is 0 Å². The van der Waals surface area contributed by atoms with Crippen molar-refractivity contribution in [2.45, 2.75) is 32.8 Å². The second-order valence-electron chi connectivity index (χ2n) is 4.94. The van der Waals surface area contributed by atoms with Gasteiger partial charge in [-0.25, -0.2) is 0 Å². The van der Waals surface area contributed by atoms with Gasteiger partial charge in [0, 0.05) is 20.5 Å². The van der Waals surface area contributed by atoms with E-state index in [1.807, 2.05) is 25.1 Å². The average Bonchev–Trinajstić information content (AvgIpc) is 2.35. The maximum atomic E-state index is 11.4. The van der Waals surface area contributed by atoms with Crippen molar-refractivity contribution in [2.75, 3.05) is 20.7 Å². The summed E-state index contributed by atoms with van der Waals surface area (Å²) in [6, 6.07) is 5.65. The Kier molecular flexibility index (Phi) is 5.83. The third-order valence-corrected chi connectivity index (χ3v) is 2.97. The Labute approximate surface area is 115 Å². The molecule has 106 valence electrons. The largest absolute Gasteiger partial charge is 0.493 e. The zero-order valence-corrected chi connectivity index (χ0v) is 12.1. The van der Waals surface area contributed by atoms with Crippen LogP contribution in [0.15, 0.2) is 18.2 Å². The van der Waals surface area contributed by atoms with Gasteiger partial charge in [-0.2, -0.15) is 0 Å². The van der Waals surface area contributed by atoms with E-state index in [9.17, 15) is 9.90 Å². The minimum Gasteiger partial charge on any atom is -0.493 e. The maximum Gasteiger partial charge on any atom is 0.222 e. The minimum atomic E-state index is -0.467. The summed E-state index contributed by atoms with van der Waals surface area (Å²) in [4.78, 5) is 13.0. The minimum absolute atomic E-state index is 0.116. The van der Waals surface area contributed by atoms with Gasteiger partial charge >= 0.3 is 0 Å². The Morgan fingerprint density at radius 2 is 2.11 bits per heavy atom. The summed E-state index contributed by atoms with van der Waals surface area (Å²) < 4.78 is 5.65. The van der Waals surface area contributed by atoms with E-state index in [-0.39, 0.29) is 5.91 Å². The number of aliphatic hydroxyl groups excluding tert-OH is 1. The zero-order valence-electron chi connectivity index (χ0n) is 12.1. The van der Waals surface area contributed by atoms with E-state index in [0.29, 0.717) is 19.4 Å². The normalized spacial score (nSPS) is 12.1. The number of rotatable bonds is 6. The summed E-state index contributed by atoms with van der Waals surface area (Å²) in [5.41, 5.74) is 1.88. The molecule has 4 heteroatoms. The first-order valence-corrected chi connectivity index (χ1v) is 6.53. The monoisotopic (exact) mass is 265 g/mol. The van der Waals surface area contributed by atoms with Gasteiger partial charge in [0.2, 0.25) is 5.91 Å². The number of hydrogen-bond acceptors (Lipinski definition) is 3. The van der Waals surface area contributed by atoms with Crippen molar-refractivity contribution >= 4 is 5.91 Å². The van der Waals surface area contributed by atoms with Crippen LogP contribution in [0.25, 0.3) is 0 Å². The van der Waals surface area contributed by atoms with Crippen LogP contribution in [-0.2, 0) is 4.79 Å². The topological polar surface area (TPSA) is 49.8 Å². The Morgan fingerprint density at radius 3 is 2.63 bits per heavy atom. The molecule has 0 heterocycles. The number of amides is 1. The van der Waals surface area contributed by atoms with Crippen LogP contribution in [0, 0.1) is 6.92 Å². The fraction of sp³-hybridized carbons (Fsp3) is 0.533. The molecule has 1 amide bonds. The number of aryl methyl sites for hydroxylation is 1. The van der Waals surface area contributed by atoms with Gasteiger partial charge in [0.05, 0.1) is 12.7 Å². The molecule has 0 aliphatic carbocycles. The number of carbonyl (C=O) groups excluding carboxylic acids is 1. The molecule has 1 rings (SSSR count). The van der Waals surface area contributed by atoms with E-state index < -0.39 is 6.10 Å². The summed E-state index contributed by atoms with van der Waals surface area (Å²) in [5.74, 6) is 0.923. The highest BCUT2D eigenvalue weighted by atomic mass is 16.5. The molecule has 0 aliphatic heterocycles. The number of nitrogens with zero attached hydrogens (tertiary/aromatic N) is 1. The first kappa shape index (κ1) is 15.5. The predicted molar refractivity (Wildman–Crippen MR) is 75.2 cm³/mol. The molecule has 0 bridgehead atoms. The van der Waals surface area contributed by atoms with Crippen LogP contribution in [0.1, 0.15) is 37.0 Å². The van der Waals surface area contributed by atoms with Crippen molar-refractivity contribution in [1.29, 1.82) is 0 Å². The molecule has 19 heavy (non-hydrogen) atoms. The van der Waals surface area contributed by atoms with E-state index in [0.717, 1.165) is 16.9 Å². The van der Waals surface area contributed by atoms with Crippen LogP contribution in [-0.4, -0.2) is 36.6 Å². The predicted octanol–water partition coefficient (Wildman–Crippen LogP) is 2.30. The molecule has 0 aromatic heterocycles. The van der Waals surface area contributed by atoms with Crippen molar-refractivity contribution < 1.29 is 14.6 Å². The lowest BCUT2D eigenvalue weighted by atomic mass is 10.1. The highest BCUT2D eigenvalue weighted by Crippen LogP contribution is 2.22. The molecule has 0 unspecified atom stereocenters. The van der Waals surface area contributed by atoms with Crippen LogP contribution in [0.3, 0.4) is 0 Å². The highest BCUT2D eigenvalue weighted by Gasteiger charge is 2.06. The molecule has 1 aromatic carbocycles. The van der Waals surface area contributed by atoms with Gasteiger partial charge in [-0.3, -0.25) is 4.79 Å². The summed E-state index contributed by atoms with van der Waals surface area (Å²) in [7, 11) is 3.50. The Balaban J connectivity index is 2.44. The maximum absolute atomic E-state index is 11.4. The van der Waals surface area contributed by atoms with E-state index in [2.05, 4.69) is 0 Å². The van der Waals surface area contributed by atoms with Gasteiger partial charge in [0.15, 0.2) is 0 Å². The third kappa shape index (κ3) is 4.91.